The summed E-state index contributed by atoms with van der Waals surface area (Å²) in [6.45, 7) is 7.92. The van der Waals surface area contributed by atoms with Gasteiger partial charge in [0.15, 0.2) is 5.69 Å². The Morgan fingerprint density at radius 3 is 2.81 bits per heavy atom. The fraction of sp³-hybridized carbons (Fsp3) is 0.538. The van der Waals surface area contributed by atoms with E-state index in [1.54, 1.807) is 15.9 Å². The fourth-order valence-electron chi connectivity index (χ4n) is 2.22. The lowest BCUT2D eigenvalue weighted by atomic mass is 10.1. The monoisotopic (exact) mass is 293 g/mol. The van der Waals surface area contributed by atoms with Crippen LogP contribution in [-0.4, -0.2) is 68.1 Å². The number of carbonyl (C=O) groups excluding carboxylic acids is 1. The van der Waals surface area contributed by atoms with Crippen LogP contribution in [0.1, 0.15) is 29.9 Å². The molecule has 21 heavy (non-hydrogen) atoms. The Morgan fingerprint density at radius 1 is 1.57 bits per heavy atom. The van der Waals surface area contributed by atoms with Crippen LogP contribution in [0.15, 0.2) is 18.9 Å². The highest BCUT2D eigenvalue weighted by Gasteiger charge is 2.35. The smallest absolute Gasteiger partial charge is 0.358 e. The molecule has 0 aromatic carbocycles. The number of rotatable bonds is 6. The van der Waals surface area contributed by atoms with Crippen LogP contribution in [0.2, 0.25) is 0 Å². The Morgan fingerprint density at radius 2 is 2.29 bits per heavy atom. The lowest BCUT2D eigenvalue weighted by molar-refractivity contribution is 0.0689. The quantitative estimate of drug-likeness (QED) is 0.785. The van der Waals surface area contributed by atoms with Crippen molar-refractivity contribution >= 4 is 12.0 Å². The summed E-state index contributed by atoms with van der Waals surface area (Å²) in [6.07, 6.45) is 3.99. The number of hydrogen-bond acceptors (Lipinski definition) is 4. The van der Waals surface area contributed by atoms with Gasteiger partial charge in [-0.15, -0.1) is 11.7 Å². The molecule has 1 aliphatic heterocycles. The number of carboxylic acid groups (broad SMARTS) is 1. The summed E-state index contributed by atoms with van der Waals surface area (Å²) >= 11 is 0. The predicted molar refractivity (Wildman–Crippen MR) is 75.0 cm³/mol. The molecular weight excluding hydrogens is 274 g/mol. The first-order valence-corrected chi connectivity index (χ1v) is 6.86. The Balaban J connectivity index is 1.91. The Hall–Kier alpha value is -2.38. The predicted octanol–water partition coefficient (Wildman–Crippen LogP) is 0.851. The molecule has 0 unspecified atom stereocenters. The van der Waals surface area contributed by atoms with Gasteiger partial charge in [0.05, 0.1) is 12.2 Å². The third-order valence-electron chi connectivity index (χ3n) is 3.35. The molecule has 0 saturated carbocycles. The van der Waals surface area contributed by atoms with Gasteiger partial charge in [-0.25, -0.2) is 14.3 Å². The lowest BCUT2D eigenvalue weighted by Crippen LogP contribution is -2.55. The first-order chi connectivity index (χ1) is 10.1. The van der Waals surface area contributed by atoms with Gasteiger partial charge in [0.1, 0.15) is 0 Å². The highest BCUT2D eigenvalue weighted by atomic mass is 16.4. The summed E-state index contributed by atoms with van der Waals surface area (Å²) < 4.78 is 1.50. The van der Waals surface area contributed by atoms with Crippen LogP contribution in [0, 0.1) is 0 Å². The molecule has 1 aromatic heterocycles. The molecule has 1 aromatic rings. The fourth-order valence-corrected chi connectivity index (χ4v) is 2.22. The van der Waals surface area contributed by atoms with Crippen LogP contribution in [0.25, 0.3) is 0 Å². The average molecular weight is 293 g/mol. The molecule has 114 valence electrons. The van der Waals surface area contributed by atoms with Gasteiger partial charge in [0, 0.05) is 26.2 Å². The maximum atomic E-state index is 12.3. The lowest BCUT2D eigenvalue weighted by Gasteiger charge is -2.41. The molecule has 0 atom stereocenters. The average Bonchev–Trinajstić information content (AvgIpc) is 2.86. The van der Waals surface area contributed by atoms with E-state index >= 15 is 0 Å². The van der Waals surface area contributed by atoms with Crippen molar-refractivity contribution < 1.29 is 14.7 Å². The summed E-state index contributed by atoms with van der Waals surface area (Å²) in [5.74, 6) is -1.10. The minimum atomic E-state index is -1.10. The number of likely N-dealkylation sites (tertiary alicyclic amines) is 1. The van der Waals surface area contributed by atoms with E-state index in [2.05, 4.69) is 16.9 Å². The van der Waals surface area contributed by atoms with Gasteiger partial charge < -0.3 is 14.9 Å². The highest BCUT2D eigenvalue weighted by molar-refractivity contribution is 5.84. The topological polar surface area (TPSA) is 91.6 Å². The van der Waals surface area contributed by atoms with E-state index in [0.717, 1.165) is 6.42 Å². The van der Waals surface area contributed by atoms with Gasteiger partial charge in [-0.2, -0.15) is 0 Å². The second-order valence-corrected chi connectivity index (χ2v) is 4.97. The van der Waals surface area contributed by atoms with Gasteiger partial charge >= 0.3 is 12.0 Å². The van der Waals surface area contributed by atoms with Crippen LogP contribution >= 0.6 is 0 Å². The third-order valence-corrected chi connectivity index (χ3v) is 3.35. The van der Waals surface area contributed by atoms with Crippen LogP contribution in [0.5, 0.6) is 0 Å². The molecule has 0 radical (unpaired) electrons. The van der Waals surface area contributed by atoms with Gasteiger partial charge in [-0.05, 0) is 6.42 Å². The van der Waals surface area contributed by atoms with E-state index in [0.29, 0.717) is 26.2 Å². The molecule has 1 N–H and O–H groups in total. The van der Waals surface area contributed by atoms with Crippen LogP contribution in [-0.2, 0) is 0 Å². The standard InChI is InChI=1S/C13H19N5O3/c1-3-5-16(6-4-2)13(21)17-7-10(8-17)18-9-11(12(19)20)14-15-18/h3,9-10H,1,4-8H2,2H3,(H,19,20). The Kier molecular flexibility index (Phi) is 4.56. The van der Waals surface area contributed by atoms with Gasteiger partial charge in [-0.1, -0.05) is 18.2 Å². The summed E-state index contributed by atoms with van der Waals surface area (Å²) in [7, 11) is 0. The Bertz CT molecular complexity index is 536. The maximum Gasteiger partial charge on any atom is 0.358 e. The van der Waals surface area contributed by atoms with Crippen molar-refractivity contribution in [3.05, 3.63) is 24.5 Å². The highest BCUT2D eigenvalue weighted by Crippen LogP contribution is 2.21. The van der Waals surface area contributed by atoms with Crippen LogP contribution in [0.4, 0.5) is 4.79 Å². The van der Waals surface area contributed by atoms with Gasteiger partial charge in [0.2, 0.25) is 0 Å². The van der Waals surface area contributed by atoms with E-state index in [1.165, 1.54) is 10.9 Å². The van der Waals surface area contributed by atoms with Gasteiger partial charge in [0.25, 0.3) is 0 Å². The molecule has 8 heteroatoms. The molecule has 2 rings (SSSR count). The number of amides is 2. The number of carbonyl (C=O) groups is 2. The van der Waals surface area contributed by atoms with E-state index < -0.39 is 5.97 Å². The van der Waals surface area contributed by atoms with Gasteiger partial charge in [-0.3, -0.25) is 0 Å². The van der Waals surface area contributed by atoms with Crippen molar-refractivity contribution in [1.82, 2.24) is 24.8 Å². The summed E-state index contributed by atoms with van der Waals surface area (Å²) in [6, 6.07) is -0.0340. The van der Waals surface area contributed by atoms with E-state index in [4.69, 9.17) is 5.11 Å². The molecule has 1 aliphatic rings. The number of nitrogens with zero attached hydrogens (tertiary/aromatic N) is 5. The third kappa shape index (κ3) is 3.21. The van der Waals surface area contributed by atoms with Crippen LogP contribution in [0.3, 0.4) is 0 Å². The number of carboxylic acids is 1. The van der Waals surface area contributed by atoms with Crippen molar-refractivity contribution in [2.24, 2.45) is 0 Å². The minimum absolute atomic E-state index is 0.0123. The zero-order chi connectivity index (χ0) is 15.4. The summed E-state index contributed by atoms with van der Waals surface area (Å²) in [5, 5.41) is 16.2. The van der Waals surface area contributed by atoms with Crippen molar-refractivity contribution in [3.63, 3.8) is 0 Å². The first-order valence-electron chi connectivity index (χ1n) is 6.86. The second kappa shape index (κ2) is 6.38. The second-order valence-electron chi connectivity index (χ2n) is 4.97. The molecule has 0 bridgehead atoms. The maximum absolute atomic E-state index is 12.3. The number of aromatic nitrogens is 3. The van der Waals surface area contributed by atoms with Crippen molar-refractivity contribution in [2.75, 3.05) is 26.2 Å². The minimum Gasteiger partial charge on any atom is -0.476 e. The number of aromatic carboxylic acids is 1. The molecule has 8 nitrogen and oxygen atoms in total. The zero-order valence-electron chi connectivity index (χ0n) is 12.0. The zero-order valence-corrected chi connectivity index (χ0v) is 12.0. The first kappa shape index (κ1) is 15.0. The van der Waals surface area contributed by atoms with E-state index in [9.17, 15) is 9.59 Å². The molecule has 0 aliphatic carbocycles. The molecule has 0 spiro atoms. The summed E-state index contributed by atoms with van der Waals surface area (Å²) in [4.78, 5) is 26.5. The Labute approximate surface area is 122 Å². The molecule has 2 heterocycles. The SMILES string of the molecule is C=CCN(CCC)C(=O)N1CC(n2cc(C(=O)O)nn2)C1. The number of urea groups is 1. The van der Waals surface area contributed by atoms with Crippen molar-refractivity contribution in [2.45, 2.75) is 19.4 Å². The molecule has 1 fully saturated rings. The largest absolute Gasteiger partial charge is 0.476 e. The van der Waals surface area contributed by atoms with Crippen molar-refractivity contribution in [3.8, 4) is 0 Å². The van der Waals surface area contributed by atoms with E-state index in [1.807, 2.05) is 6.92 Å². The normalized spacial score (nSPS) is 14.6. The number of hydrogen-bond donors (Lipinski definition) is 1. The van der Waals surface area contributed by atoms with Crippen molar-refractivity contribution in [1.29, 1.82) is 0 Å². The molecular formula is C13H19N5O3. The molecule has 1 saturated heterocycles. The van der Waals surface area contributed by atoms with Crippen LogP contribution < -0.4 is 0 Å². The van der Waals surface area contributed by atoms with E-state index in [-0.39, 0.29) is 17.8 Å². The molecule has 2 amide bonds. The summed E-state index contributed by atoms with van der Waals surface area (Å²) in [5.41, 5.74) is -0.0842.